The van der Waals surface area contributed by atoms with Crippen LogP contribution in [0, 0.1) is 11.8 Å². The summed E-state index contributed by atoms with van der Waals surface area (Å²) >= 11 is 0. The number of nitrogens with two attached hydrogens (primary N) is 1. The molecule has 5 heteroatoms. The third kappa shape index (κ3) is 3.30. The standard InChI is InChI=1S/C20H26N2O3/c1-13(23)11-25-17-4-2-3-16(6-17)18(24)22-20-9-14-5-15(10-20)8-19(21,7-14)12-20/h2-4,6,14-15H,5,7-12,21H2,1H3,(H,22,24). The summed E-state index contributed by atoms with van der Waals surface area (Å²) in [5, 5.41) is 3.32. The number of carbonyl (C=O) groups excluding carboxylic acids is 2. The van der Waals surface area contributed by atoms with Gasteiger partial charge in [-0.2, -0.15) is 0 Å². The molecular weight excluding hydrogens is 316 g/mol. The van der Waals surface area contributed by atoms with Crippen molar-refractivity contribution in [3.8, 4) is 5.75 Å². The monoisotopic (exact) mass is 342 g/mol. The third-order valence-electron chi connectivity index (χ3n) is 6.02. The van der Waals surface area contributed by atoms with Crippen LogP contribution in [0.25, 0.3) is 0 Å². The number of ether oxygens (including phenoxy) is 1. The van der Waals surface area contributed by atoms with E-state index in [0.717, 1.165) is 32.1 Å². The lowest BCUT2D eigenvalue weighted by Crippen LogP contribution is -2.68. The summed E-state index contributed by atoms with van der Waals surface area (Å²) in [5.41, 5.74) is 6.94. The van der Waals surface area contributed by atoms with Gasteiger partial charge < -0.3 is 15.8 Å². The first-order valence-corrected chi connectivity index (χ1v) is 9.19. The van der Waals surface area contributed by atoms with Crippen LogP contribution < -0.4 is 15.8 Å². The van der Waals surface area contributed by atoms with Crippen molar-refractivity contribution in [1.82, 2.24) is 5.32 Å². The Labute approximate surface area is 148 Å². The van der Waals surface area contributed by atoms with E-state index in [4.69, 9.17) is 10.5 Å². The lowest BCUT2D eigenvalue weighted by Gasteiger charge is -2.61. The van der Waals surface area contributed by atoms with Gasteiger partial charge in [0, 0.05) is 16.6 Å². The molecule has 4 fully saturated rings. The zero-order chi connectivity index (χ0) is 17.7. The maximum Gasteiger partial charge on any atom is 0.251 e. The molecule has 5 rings (SSSR count). The Bertz CT molecular complexity index is 701. The van der Waals surface area contributed by atoms with Crippen molar-refractivity contribution in [2.45, 2.75) is 56.5 Å². The van der Waals surface area contributed by atoms with Gasteiger partial charge in [0.2, 0.25) is 0 Å². The Balaban J connectivity index is 1.49. The summed E-state index contributed by atoms with van der Waals surface area (Å²) in [6, 6.07) is 7.04. The summed E-state index contributed by atoms with van der Waals surface area (Å²) in [6.45, 7) is 1.50. The maximum absolute atomic E-state index is 12.8. The predicted molar refractivity (Wildman–Crippen MR) is 94.4 cm³/mol. The van der Waals surface area contributed by atoms with E-state index in [2.05, 4.69) is 5.32 Å². The van der Waals surface area contributed by atoms with Gasteiger partial charge in [0.05, 0.1) is 0 Å². The van der Waals surface area contributed by atoms with Crippen LogP contribution in [-0.2, 0) is 4.79 Å². The number of carbonyl (C=O) groups is 2. The van der Waals surface area contributed by atoms with Crippen LogP contribution in [0.15, 0.2) is 24.3 Å². The van der Waals surface area contributed by atoms with Crippen LogP contribution in [0.1, 0.15) is 55.8 Å². The number of benzene rings is 1. The molecule has 0 aromatic heterocycles. The second-order valence-corrected chi connectivity index (χ2v) is 8.58. The Morgan fingerprint density at radius 3 is 2.60 bits per heavy atom. The smallest absolute Gasteiger partial charge is 0.251 e. The van der Waals surface area contributed by atoms with Crippen molar-refractivity contribution in [2.75, 3.05) is 6.61 Å². The highest BCUT2D eigenvalue weighted by Gasteiger charge is 2.56. The van der Waals surface area contributed by atoms with Gasteiger partial charge in [-0.15, -0.1) is 0 Å². The normalized spacial score (nSPS) is 35.4. The number of ketones is 1. The van der Waals surface area contributed by atoms with Crippen molar-refractivity contribution in [3.05, 3.63) is 29.8 Å². The molecular formula is C20H26N2O3. The molecule has 3 N–H and O–H groups in total. The van der Waals surface area contributed by atoms with Crippen LogP contribution in [0.4, 0.5) is 0 Å². The van der Waals surface area contributed by atoms with Crippen molar-refractivity contribution in [3.63, 3.8) is 0 Å². The second kappa shape index (κ2) is 5.84. The number of Topliss-reactive ketones (excluding diaryl/α,β-unsaturated/α-hetero) is 1. The molecule has 4 saturated carbocycles. The fourth-order valence-electron chi connectivity index (χ4n) is 5.70. The molecule has 134 valence electrons. The zero-order valence-corrected chi connectivity index (χ0v) is 14.7. The molecule has 0 aliphatic heterocycles. The molecule has 2 atom stereocenters. The van der Waals surface area contributed by atoms with Gasteiger partial charge in [0.25, 0.3) is 5.91 Å². The van der Waals surface area contributed by atoms with Gasteiger partial charge in [-0.05, 0) is 75.5 Å². The molecule has 1 aromatic rings. The van der Waals surface area contributed by atoms with Crippen LogP contribution in [0.5, 0.6) is 5.75 Å². The third-order valence-corrected chi connectivity index (χ3v) is 6.02. The lowest BCUT2D eigenvalue weighted by molar-refractivity contribution is -0.118. The molecule has 4 aliphatic rings. The van der Waals surface area contributed by atoms with Crippen LogP contribution in [-0.4, -0.2) is 29.4 Å². The van der Waals surface area contributed by atoms with Gasteiger partial charge in [-0.25, -0.2) is 0 Å². The summed E-state index contributed by atoms with van der Waals surface area (Å²) in [6.07, 6.45) is 6.47. The first-order chi connectivity index (χ1) is 11.8. The molecule has 25 heavy (non-hydrogen) atoms. The van der Waals surface area contributed by atoms with Gasteiger partial charge in [-0.1, -0.05) is 6.07 Å². The van der Waals surface area contributed by atoms with Crippen LogP contribution in [0.2, 0.25) is 0 Å². The van der Waals surface area contributed by atoms with Crippen molar-refractivity contribution in [1.29, 1.82) is 0 Å². The van der Waals surface area contributed by atoms with E-state index in [0.29, 0.717) is 23.1 Å². The molecule has 0 radical (unpaired) electrons. The first-order valence-electron chi connectivity index (χ1n) is 9.19. The van der Waals surface area contributed by atoms with E-state index in [1.54, 1.807) is 24.3 Å². The fourth-order valence-corrected chi connectivity index (χ4v) is 5.70. The van der Waals surface area contributed by atoms with E-state index in [1.807, 2.05) is 0 Å². The summed E-state index contributed by atoms with van der Waals surface area (Å²) in [5.74, 6) is 1.73. The minimum absolute atomic E-state index is 0.0219. The molecule has 4 bridgehead atoms. The number of nitrogens with one attached hydrogen (secondary N) is 1. The molecule has 1 aromatic carbocycles. The second-order valence-electron chi connectivity index (χ2n) is 8.58. The van der Waals surface area contributed by atoms with Crippen molar-refractivity contribution in [2.24, 2.45) is 17.6 Å². The van der Waals surface area contributed by atoms with E-state index in [1.165, 1.54) is 13.3 Å². The topological polar surface area (TPSA) is 81.4 Å². The lowest BCUT2D eigenvalue weighted by atomic mass is 9.50. The summed E-state index contributed by atoms with van der Waals surface area (Å²) in [7, 11) is 0. The number of rotatable bonds is 5. The van der Waals surface area contributed by atoms with Gasteiger partial charge in [0.1, 0.15) is 12.4 Å². The van der Waals surface area contributed by atoms with E-state index in [-0.39, 0.29) is 29.4 Å². The Morgan fingerprint density at radius 2 is 1.96 bits per heavy atom. The number of amides is 1. The minimum Gasteiger partial charge on any atom is -0.486 e. The SMILES string of the molecule is CC(=O)COc1cccc(C(=O)NC23CC4CC(CC(N)(C4)C2)C3)c1. The Kier molecular flexibility index (Phi) is 3.87. The van der Waals surface area contributed by atoms with Crippen molar-refractivity contribution >= 4 is 11.7 Å². The average Bonchev–Trinajstić information content (AvgIpc) is 2.50. The summed E-state index contributed by atoms with van der Waals surface area (Å²) < 4.78 is 5.42. The maximum atomic E-state index is 12.8. The zero-order valence-electron chi connectivity index (χ0n) is 14.7. The van der Waals surface area contributed by atoms with Gasteiger partial charge in [0.15, 0.2) is 5.78 Å². The molecule has 0 heterocycles. The highest BCUT2D eigenvalue weighted by Crippen LogP contribution is 2.56. The molecule has 0 saturated heterocycles. The van der Waals surface area contributed by atoms with E-state index in [9.17, 15) is 9.59 Å². The van der Waals surface area contributed by atoms with Gasteiger partial charge in [-0.3, -0.25) is 9.59 Å². The van der Waals surface area contributed by atoms with E-state index < -0.39 is 0 Å². The molecule has 4 aliphatic carbocycles. The largest absolute Gasteiger partial charge is 0.486 e. The first kappa shape index (κ1) is 16.6. The minimum atomic E-state index is -0.147. The fraction of sp³-hybridized carbons (Fsp3) is 0.600. The quantitative estimate of drug-likeness (QED) is 0.861. The number of hydrogen-bond acceptors (Lipinski definition) is 4. The summed E-state index contributed by atoms with van der Waals surface area (Å²) in [4.78, 5) is 23.9. The van der Waals surface area contributed by atoms with E-state index >= 15 is 0 Å². The van der Waals surface area contributed by atoms with Crippen molar-refractivity contribution < 1.29 is 14.3 Å². The predicted octanol–water partition coefficient (Wildman–Crippen LogP) is 2.43. The van der Waals surface area contributed by atoms with Gasteiger partial charge >= 0.3 is 0 Å². The molecule has 2 unspecified atom stereocenters. The Morgan fingerprint density at radius 1 is 1.24 bits per heavy atom. The molecule has 5 nitrogen and oxygen atoms in total. The molecule has 1 amide bonds. The highest BCUT2D eigenvalue weighted by molar-refractivity contribution is 5.95. The van der Waals surface area contributed by atoms with Crippen LogP contribution >= 0.6 is 0 Å². The number of hydrogen-bond donors (Lipinski definition) is 2. The molecule has 0 spiro atoms. The average molecular weight is 342 g/mol. The van der Waals surface area contributed by atoms with Crippen LogP contribution in [0.3, 0.4) is 0 Å². The highest BCUT2D eigenvalue weighted by atomic mass is 16.5. The Hall–Kier alpha value is -1.88.